The van der Waals surface area contributed by atoms with Gasteiger partial charge in [0.15, 0.2) is 5.96 Å². The highest BCUT2D eigenvalue weighted by atomic mass is 15.3. The van der Waals surface area contributed by atoms with E-state index in [0.717, 1.165) is 18.4 Å². The Labute approximate surface area is 107 Å². The van der Waals surface area contributed by atoms with E-state index in [0.29, 0.717) is 0 Å². The van der Waals surface area contributed by atoms with Gasteiger partial charge in [0, 0.05) is 34.7 Å². The Morgan fingerprint density at radius 1 is 1.00 bits per heavy atom. The van der Waals surface area contributed by atoms with Gasteiger partial charge in [-0.3, -0.25) is 4.99 Å². The quantitative estimate of drug-likeness (QED) is 0.417. The molecule has 0 spiro atoms. The molecular weight excluding hydrogens is 210 g/mol. The lowest BCUT2D eigenvalue weighted by atomic mass is 10.0. The van der Waals surface area contributed by atoms with Crippen LogP contribution in [0.2, 0.25) is 0 Å². The summed E-state index contributed by atoms with van der Waals surface area (Å²) < 4.78 is 0. The minimum Gasteiger partial charge on any atom is -0.349 e. The molecule has 0 radical (unpaired) electrons. The summed E-state index contributed by atoms with van der Waals surface area (Å²) >= 11 is 0. The first kappa shape index (κ1) is 14.3. The number of hydrogen-bond donors (Lipinski definition) is 0. The molecule has 0 aromatic rings. The summed E-state index contributed by atoms with van der Waals surface area (Å²) in [6.07, 6.45) is 9.90. The first-order valence-corrected chi connectivity index (χ1v) is 7.00. The van der Waals surface area contributed by atoms with Crippen LogP contribution in [0, 0.1) is 5.92 Å². The van der Waals surface area contributed by atoms with Crippen LogP contribution in [0.3, 0.4) is 0 Å². The highest BCUT2D eigenvalue weighted by Crippen LogP contribution is 2.28. The highest BCUT2D eigenvalue weighted by molar-refractivity contribution is 5.79. The Morgan fingerprint density at radius 2 is 1.59 bits per heavy atom. The maximum atomic E-state index is 4.66. The Kier molecular flexibility index (Phi) is 6.38. The van der Waals surface area contributed by atoms with E-state index in [9.17, 15) is 0 Å². The van der Waals surface area contributed by atoms with Gasteiger partial charge in [0.25, 0.3) is 0 Å². The minimum absolute atomic E-state index is 0.971. The average molecular weight is 239 g/mol. The lowest BCUT2D eigenvalue weighted by Crippen LogP contribution is -2.35. The van der Waals surface area contributed by atoms with Crippen molar-refractivity contribution in [3.63, 3.8) is 0 Å². The Hall–Kier alpha value is -0.730. The van der Waals surface area contributed by atoms with Crippen molar-refractivity contribution in [3.8, 4) is 0 Å². The molecule has 0 N–H and O–H groups in total. The maximum absolute atomic E-state index is 4.66. The summed E-state index contributed by atoms with van der Waals surface area (Å²) in [4.78, 5) is 8.82. The van der Waals surface area contributed by atoms with Crippen LogP contribution in [-0.2, 0) is 0 Å². The minimum atomic E-state index is 0.971. The molecule has 1 aliphatic carbocycles. The average Bonchev–Trinajstić information content (AvgIpc) is 2.74. The van der Waals surface area contributed by atoms with Gasteiger partial charge in [-0.25, -0.2) is 0 Å². The summed E-state index contributed by atoms with van der Waals surface area (Å²) in [6, 6.07) is 0. The second kappa shape index (κ2) is 7.57. The predicted molar refractivity (Wildman–Crippen MR) is 75.5 cm³/mol. The normalized spacial score (nSPS) is 16.0. The fraction of sp³-hybridized carbons (Fsp3) is 0.929. The lowest BCUT2D eigenvalue weighted by Gasteiger charge is -2.22. The van der Waals surface area contributed by atoms with Crippen LogP contribution < -0.4 is 0 Å². The van der Waals surface area contributed by atoms with Gasteiger partial charge in [0.1, 0.15) is 0 Å². The Balaban J connectivity index is 2.14. The van der Waals surface area contributed by atoms with Crippen LogP contribution in [0.4, 0.5) is 0 Å². The molecule has 3 nitrogen and oxygen atoms in total. The molecule has 1 fully saturated rings. The number of nitrogens with zero attached hydrogens (tertiary/aromatic N) is 3. The third-order valence-electron chi connectivity index (χ3n) is 3.55. The second-order valence-corrected chi connectivity index (χ2v) is 5.62. The molecule has 3 heteroatoms. The standard InChI is InChI=1S/C14H29N3/c1-16(2)14(17(3)4)15-12-8-7-11-13-9-5-6-10-13/h13H,5-12H2,1-4H3. The van der Waals surface area contributed by atoms with Gasteiger partial charge < -0.3 is 9.80 Å². The molecule has 100 valence electrons. The molecule has 0 saturated heterocycles. The molecule has 0 aromatic heterocycles. The van der Waals surface area contributed by atoms with Crippen LogP contribution in [-0.4, -0.2) is 50.5 Å². The van der Waals surface area contributed by atoms with E-state index in [2.05, 4.69) is 43.0 Å². The van der Waals surface area contributed by atoms with Gasteiger partial charge in [-0.2, -0.15) is 0 Å². The van der Waals surface area contributed by atoms with Gasteiger partial charge in [-0.15, -0.1) is 0 Å². The zero-order valence-electron chi connectivity index (χ0n) is 12.1. The van der Waals surface area contributed by atoms with E-state index in [4.69, 9.17) is 0 Å². The first-order chi connectivity index (χ1) is 8.11. The molecular formula is C14H29N3. The zero-order chi connectivity index (χ0) is 12.7. The lowest BCUT2D eigenvalue weighted by molar-refractivity contribution is 0.465. The van der Waals surface area contributed by atoms with E-state index < -0.39 is 0 Å². The molecule has 0 aromatic carbocycles. The fourth-order valence-corrected chi connectivity index (χ4v) is 2.71. The smallest absolute Gasteiger partial charge is 0.195 e. The van der Waals surface area contributed by atoms with Gasteiger partial charge >= 0.3 is 0 Å². The van der Waals surface area contributed by atoms with Gasteiger partial charge in [0.05, 0.1) is 0 Å². The molecule has 1 saturated carbocycles. The largest absolute Gasteiger partial charge is 0.349 e. The molecule has 0 atom stereocenters. The molecule has 0 unspecified atom stereocenters. The number of hydrogen-bond acceptors (Lipinski definition) is 1. The molecule has 0 bridgehead atoms. The summed E-state index contributed by atoms with van der Waals surface area (Å²) in [5, 5.41) is 0. The zero-order valence-corrected chi connectivity index (χ0v) is 12.1. The number of rotatable bonds is 5. The monoisotopic (exact) mass is 239 g/mol. The predicted octanol–water partition coefficient (Wildman–Crippen LogP) is 2.83. The van der Waals surface area contributed by atoms with E-state index in [-0.39, 0.29) is 0 Å². The van der Waals surface area contributed by atoms with Crippen LogP contribution in [0.25, 0.3) is 0 Å². The molecule has 1 aliphatic rings. The van der Waals surface area contributed by atoms with E-state index in [1.54, 1.807) is 0 Å². The van der Waals surface area contributed by atoms with Crippen LogP contribution >= 0.6 is 0 Å². The molecule has 17 heavy (non-hydrogen) atoms. The van der Waals surface area contributed by atoms with Crippen molar-refractivity contribution in [2.45, 2.75) is 44.9 Å². The fourth-order valence-electron chi connectivity index (χ4n) is 2.71. The van der Waals surface area contributed by atoms with Gasteiger partial charge in [-0.1, -0.05) is 38.5 Å². The Bertz CT molecular complexity index is 218. The third-order valence-corrected chi connectivity index (χ3v) is 3.55. The van der Waals surface area contributed by atoms with Crippen molar-refractivity contribution >= 4 is 5.96 Å². The van der Waals surface area contributed by atoms with Crippen molar-refractivity contribution in [3.05, 3.63) is 0 Å². The van der Waals surface area contributed by atoms with Crippen molar-refractivity contribution in [2.24, 2.45) is 10.9 Å². The summed E-state index contributed by atoms with van der Waals surface area (Å²) in [7, 11) is 8.21. The van der Waals surface area contributed by atoms with E-state index in [1.165, 1.54) is 44.9 Å². The van der Waals surface area contributed by atoms with Crippen molar-refractivity contribution < 1.29 is 0 Å². The SMILES string of the molecule is CN(C)C(=NCCCCC1CCCC1)N(C)C. The molecule has 0 heterocycles. The van der Waals surface area contributed by atoms with Gasteiger partial charge in [0.2, 0.25) is 0 Å². The van der Waals surface area contributed by atoms with Crippen LogP contribution in [0.5, 0.6) is 0 Å². The van der Waals surface area contributed by atoms with Crippen LogP contribution in [0.15, 0.2) is 4.99 Å². The van der Waals surface area contributed by atoms with Crippen molar-refractivity contribution in [1.82, 2.24) is 9.80 Å². The summed E-state index contributed by atoms with van der Waals surface area (Å²) in [6.45, 7) is 0.971. The second-order valence-electron chi connectivity index (χ2n) is 5.62. The molecule has 0 amide bonds. The maximum Gasteiger partial charge on any atom is 0.195 e. The molecule has 0 aliphatic heterocycles. The Morgan fingerprint density at radius 3 is 2.12 bits per heavy atom. The van der Waals surface area contributed by atoms with E-state index >= 15 is 0 Å². The first-order valence-electron chi connectivity index (χ1n) is 7.00. The summed E-state index contributed by atoms with van der Waals surface area (Å²) in [5.74, 6) is 2.10. The highest BCUT2D eigenvalue weighted by Gasteiger charge is 2.13. The number of aliphatic imine (C=N–C) groups is 1. The van der Waals surface area contributed by atoms with E-state index in [1.807, 2.05) is 0 Å². The van der Waals surface area contributed by atoms with Gasteiger partial charge in [-0.05, 0) is 12.3 Å². The number of unbranched alkanes of at least 4 members (excludes halogenated alkanes) is 1. The van der Waals surface area contributed by atoms with Crippen LogP contribution in [0.1, 0.15) is 44.9 Å². The topological polar surface area (TPSA) is 18.8 Å². The molecule has 1 rings (SSSR count). The summed E-state index contributed by atoms with van der Waals surface area (Å²) in [5.41, 5.74) is 0. The number of guanidine groups is 1. The third kappa shape index (κ3) is 5.42. The van der Waals surface area contributed by atoms with Crippen molar-refractivity contribution in [2.75, 3.05) is 34.7 Å². The van der Waals surface area contributed by atoms with Crippen molar-refractivity contribution in [1.29, 1.82) is 0 Å².